The molecule has 0 saturated heterocycles. The summed E-state index contributed by atoms with van der Waals surface area (Å²) < 4.78 is 10.6. The molecule has 0 unspecified atom stereocenters. The predicted octanol–water partition coefficient (Wildman–Crippen LogP) is 14.7. The largest absolute Gasteiger partial charge is 0.355 e. The lowest BCUT2D eigenvalue weighted by Crippen LogP contribution is -2.35. The van der Waals surface area contributed by atoms with Crippen LogP contribution in [0.3, 0.4) is 0 Å². The molecule has 7 aromatic carbocycles. The zero-order valence-electron chi connectivity index (χ0n) is 33.4. The first-order chi connectivity index (χ1) is 28.0. The number of hydrogen-bond donors (Lipinski definition) is 1. The van der Waals surface area contributed by atoms with Gasteiger partial charge in [-0.1, -0.05) is 108 Å². The van der Waals surface area contributed by atoms with E-state index in [2.05, 4.69) is 186 Å². The van der Waals surface area contributed by atoms with Gasteiger partial charge in [-0.05, 0) is 98.4 Å². The van der Waals surface area contributed by atoms with Crippen LogP contribution >= 0.6 is 34.0 Å². The van der Waals surface area contributed by atoms with Crippen LogP contribution in [0.25, 0.3) is 89.1 Å². The molecule has 0 aliphatic carbocycles. The monoisotopic (exact) mass is 799 g/mol. The number of aromatic nitrogens is 1. The molecule has 0 fully saturated rings. The third-order valence-electron chi connectivity index (χ3n) is 12.4. The molecule has 1 aliphatic rings. The maximum absolute atomic E-state index is 3.93. The summed E-state index contributed by atoms with van der Waals surface area (Å²) in [4.78, 5) is 0. The minimum Gasteiger partial charge on any atom is -0.355 e. The Morgan fingerprint density at radius 3 is 1.83 bits per heavy atom. The van der Waals surface area contributed by atoms with Crippen molar-refractivity contribution in [2.75, 3.05) is 5.32 Å². The van der Waals surface area contributed by atoms with Crippen LogP contribution in [0.2, 0.25) is 0 Å². The van der Waals surface area contributed by atoms with Crippen LogP contribution in [-0.2, 0) is 10.8 Å². The first-order valence-electron chi connectivity index (χ1n) is 20.2. The average Bonchev–Trinajstić information content (AvgIpc) is 3.95. The van der Waals surface area contributed by atoms with Crippen LogP contribution in [-0.4, -0.2) is 11.8 Å². The maximum Gasteiger partial charge on any atom is 0.211 e. The van der Waals surface area contributed by atoms with Crippen LogP contribution in [0.5, 0.6) is 0 Å². The van der Waals surface area contributed by atoms with Gasteiger partial charge in [0.25, 0.3) is 0 Å². The lowest BCUT2D eigenvalue weighted by molar-refractivity contribution is 0.590. The molecule has 0 saturated carbocycles. The SMILES string of the molecule is CC(C)(C)c1ccc(Nc2cc3sc4ccccc4c3cc2-c2ccc3c4cc5sc6ccccc6c5cc4n4c3c2[B]c2sc3ccc(C(C)(C)C)cc3c2-4)cc1. The molecule has 2 nitrogen and oxygen atoms in total. The van der Waals surface area contributed by atoms with E-state index < -0.39 is 0 Å². The highest BCUT2D eigenvalue weighted by Crippen LogP contribution is 2.46. The average molecular weight is 800 g/mol. The van der Waals surface area contributed by atoms with Crippen molar-refractivity contribution < 1.29 is 0 Å². The Bertz CT molecular complexity index is 3530. The van der Waals surface area contributed by atoms with Gasteiger partial charge in [0.05, 0.1) is 11.2 Å². The Hall–Kier alpha value is -5.40. The summed E-state index contributed by atoms with van der Waals surface area (Å²) in [6, 6.07) is 48.5. The van der Waals surface area contributed by atoms with E-state index in [0.29, 0.717) is 0 Å². The topological polar surface area (TPSA) is 17.0 Å². The fourth-order valence-electron chi connectivity index (χ4n) is 9.30. The zero-order valence-corrected chi connectivity index (χ0v) is 35.8. The summed E-state index contributed by atoms with van der Waals surface area (Å²) in [5.74, 6) is 0. The lowest BCUT2D eigenvalue weighted by atomic mass is 9.63. The van der Waals surface area contributed by atoms with Crippen LogP contribution < -0.4 is 15.6 Å². The molecule has 0 bridgehead atoms. The normalized spacial score (nSPS) is 13.1. The Labute approximate surface area is 350 Å². The summed E-state index contributed by atoms with van der Waals surface area (Å²) in [6.45, 7) is 13.8. The fourth-order valence-corrected chi connectivity index (χ4v) is 12.7. The third kappa shape index (κ3) is 5.08. The van der Waals surface area contributed by atoms with Crippen molar-refractivity contribution >= 4 is 135 Å². The maximum atomic E-state index is 3.93. The van der Waals surface area contributed by atoms with Gasteiger partial charge in [0.1, 0.15) is 0 Å². The van der Waals surface area contributed by atoms with Gasteiger partial charge in [0.2, 0.25) is 7.28 Å². The van der Waals surface area contributed by atoms with Gasteiger partial charge < -0.3 is 9.88 Å². The minimum absolute atomic E-state index is 0.0449. The summed E-state index contributed by atoms with van der Waals surface area (Å²) >= 11 is 5.69. The second kappa shape index (κ2) is 12.1. The van der Waals surface area contributed by atoms with Crippen LogP contribution in [0.15, 0.2) is 127 Å². The fraction of sp³-hybridized carbons (Fsp3) is 0.154. The molecule has 4 aromatic heterocycles. The number of nitrogens with zero attached hydrogens (tertiary/aromatic N) is 1. The van der Waals surface area contributed by atoms with E-state index in [4.69, 9.17) is 0 Å². The van der Waals surface area contributed by atoms with E-state index in [0.717, 1.165) is 11.4 Å². The highest BCUT2D eigenvalue weighted by atomic mass is 32.1. The number of nitrogens with one attached hydrogen (secondary N) is 1. The first-order valence-corrected chi connectivity index (χ1v) is 22.6. The van der Waals surface area contributed by atoms with Crippen molar-refractivity contribution in [1.29, 1.82) is 0 Å². The van der Waals surface area contributed by atoms with Crippen molar-refractivity contribution in [3.05, 3.63) is 139 Å². The minimum atomic E-state index is 0.0449. The molecular formula is C52H40BN2S3. The second-order valence-electron chi connectivity index (χ2n) is 18.1. The Morgan fingerprint density at radius 1 is 0.483 bits per heavy atom. The number of rotatable bonds is 3. The Balaban J connectivity index is 1.17. The van der Waals surface area contributed by atoms with E-state index in [-0.39, 0.29) is 10.8 Å². The standard InChI is InChI=1S/C52H40BN2S3/c1-51(2,3)28-15-18-30(19-16-28)54-40-27-46-37(31-11-7-9-13-42(31)57-46)24-35(40)33-20-21-34-36-26-45-38(32-12-8-10-14-43(32)56-45)25-41(36)55-48(34)47(33)53-50-49(55)39-23-29(52(4,5)6)17-22-44(39)58-50/h7-27,54H,1-6H3. The van der Waals surface area contributed by atoms with Crippen molar-refractivity contribution in [3.63, 3.8) is 0 Å². The summed E-state index contributed by atoms with van der Waals surface area (Å²) in [5, 5.41) is 13.2. The highest BCUT2D eigenvalue weighted by molar-refractivity contribution is 7.29. The number of thiophene rings is 3. The highest BCUT2D eigenvalue weighted by Gasteiger charge is 2.31. The van der Waals surface area contributed by atoms with Crippen molar-refractivity contribution in [2.45, 2.75) is 52.4 Å². The van der Waals surface area contributed by atoms with Crippen LogP contribution in [0.4, 0.5) is 11.4 Å². The molecule has 1 radical (unpaired) electrons. The van der Waals surface area contributed by atoms with E-state index in [9.17, 15) is 0 Å². The number of fused-ring (bicyclic) bond motifs is 13. The van der Waals surface area contributed by atoms with Crippen molar-refractivity contribution in [2.24, 2.45) is 0 Å². The van der Waals surface area contributed by atoms with E-state index in [1.807, 2.05) is 34.0 Å². The van der Waals surface area contributed by atoms with Gasteiger partial charge in [0.15, 0.2) is 0 Å². The number of benzene rings is 7. The van der Waals surface area contributed by atoms with Gasteiger partial charge in [-0.25, -0.2) is 0 Å². The predicted molar refractivity (Wildman–Crippen MR) is 260 cm³/mol. The lowest BCUT2D eigenvalue weighted by Gasteiger charge is -2.23. The molecule has 1 aliphatic heterocycles. The molecular weight excluding hydrogens is 760 g/mol. The Morgan fingerprint density at radius 2 is 1.12 bits per heavy atom. The molecule has 0 amide bonds. The van der Waals surface area contributed by atoms with Gasteiger partial charge in [-0.15, -0.1) is 34.0 Å². The second-order valence-corrected chi connectivity index (χ2v) is 21.3. The molecule has 279 valence electrons. The molecule has 0 atom stereocenters. The van der Waals surface area contributed by atoms with Gasteiger partial charge >= 0.3 is 0 Å². The van der Waals surface area contributed by atoms with Crippen molar-refractivity contribution in [3.8, 4) is 16.8 Å². The molecule has 11 aromatic rings. The molecule has 12 rings (SSSR count). The first kappa shape index (κ1) is 34.6. The number of anilines is 2. The van der Waals surface area contributed by atoms with E-state index in [1.54, 1.807) is 0 Å². The van der Waals surface area contributed by atoms with E-state index >= 15 is 0 Å². The molecule has 1 N–H and O–H groups in total. The van der Waals surface area contributed by atoms with Crippen LogP contribution in [0, 0.1) is 0 Å². The summed E-state index contributed by atoms with van der Waals surface area (Å²) in [6.07, 6.45) is 0. The van der Waals surface area contributed by atoms with Gasteiger partial charge in [-0.2, -0.15) is 0 Å². The molecule has 0 spiro atoms. The molecule has 6 heteroatoms. The molecule has 58 heavy (non-hydrogen) atoms. The number of hydrogen-bond acceptors (Lipinski definition) is 4. The van der Waals surface area contributed by atoms with Crippen LogP contribution in [0.1, 0.15) is 52.7 Å². The van der Waals surface area contributed by atoms with Gasteiger partial charge in [-0.3, -0.25) is 0 Å². The quantitative estimate of drug-likeness (QED) is 0.176. The zero-order chi connectivity index (χ0) is 39.2. The smallest absolute Gasteiger partial charge is 0.211 e. The van der Waals surface area contributed by atoms with Crippen molar-refractivity contribution in [1.82, 2.24) is 4.57 Å². The Kier molecular flexibility index (Phi) is 7.21. The summed E-state index contributed by atoms with van der Waals surface area (Å²) in [5.41, 5.74) is 12.7. The third-order valence-corrected chi connectivity index (χ3v) is 15.7. The van der Waals surface area contributed by atoms with E-state index in [1.165, 1.54) is 110 Å². The van der Waals surface area contributed by atoms with Gasteiger partial charge in [0, 0.05) is 83.7 Å². The molecule has 5 heterocycles. The summed E-state index contributed by atoms with van der Waals surface area (Å²) in [7, 11) is 2.50.